The number of ketones is 1. The third-order valence-electron chi connectivity index (χ3n) is 3.68. The Kier molecular flexibility index (Phi) is 7.87. The first-order valence-corrected chi connectivity index (χ1v) is 10.1. The average Bonchev–Trinajstić information content (AvgIpc) is 3.06. The molecule has 2 atom stereocenters. The minimum Gasteiger partial charge on any atom is -0.369 e. The smallest absolute Gasteiger partial charge is 0.296 e. The number of nitrogens with zero attached hydrogens (tertiary/aromatic N) is 2. The van der Waals surface area contributed by atoms with Crippen LogP contribution in [0.5, 0.6) is 0 Å². The van der Waals surface area contributed by atoms with Crippen LogP contribution in [0.1, 0.15) is 50.1 Å². The van der Waals surface area contributed by atoms with Gasteiger partial charge in [-0.1, -0.05) is 25.9 Å². The van der Waals surface area contributed by atoms with Gasteiger partial charge >= 0.3 is 0 Å². The van der Waals surface area contributed by atoms with E-state index in [9.17, 15) is 22.8 Å². The normalized spacial score (nSPS) is 13.8. The highest BCUT2D eigenvalue weighted by Crippen LogP contribution is 2.07. The molecule has 0 saturated carbocycles. The predicted octanol–water partition coefficient (Wildman–Crippen LogP) is -0.364. The molecule has 146 valence electrons. The Balaban J connectivity index is 2.61. The van der Waals surface area contributed by atoms with Crippen molar-refractivity contribution < 1.29 is 27.3 Å². The minimum absolute atomic E-state index is 0.197. The number of sulfone groups is 1. The summed E-state index contributed by atoms with van der Waals surface area (Å²) in [5, 5.41) is 6.09. The molecule has 0 aliphatic heterocycles. The molecule has 11 heteroatoms. The van der Waals surface area contributed by atoms with Crippen molar-refractivity contribution in [2.75, 3.05) is 11.5 Å². The fourth-order valence-electron chi connectivity index (χ4n) is 2.06. The first-order chi connectivity index (χ1) is 12.1. The number of primary amides is 1. The zero-order valence-electron chi connectivity index (χ0n) is 15.0. The Bertz CT molecular complexity index is 758. The summed E-state index contributed by atoms with van der Waals surface area (Å²) in [5.74, 6) is -3.37. The molecule has 1 aromatic rings. The SMILES string of the molecule is CCc1noc(C(=O)C(CC)NC(=O)CCS(=O)(=O)CC(C)C(N)=O)n1. The molecule has 1 heterocycles. The zero-order chi connectivity index (χ0) is 19.9. The van der Waals surface area contributed by atoms with E-state index in [2.05, 4.69) is 15.5 Å². The van der Waals surface area contributed by atoms with Crippen molar-refractivity contribution in [3.05, 3.63) is 11.7 Å². The highest BCUT2D eigenvalue weighted by Gasteiger charge is 2.26. The summed E-state index contributed by atoms with van der Waals surface area (Å²) >= 11 is 0. The molecule has 0 saturated heterocycles. The molecule has 26 heavy (non-hydrogen) atoms. The van der Waals surface area contributed by atoms with Crippen molar-refractivity contribution in [3.8, 4) is 0 Å². The van der Waals surface area contributed by atoms with Gasteiger partial charge in [0.2, 0.25) is 17.6 Å². The molecule has 0 bridgehead atoms. The average molecular weight is 388 g/mol. The number of nitrogens with one attached hydrogen (secondary N) is 1. The van der Waals surface area contributed by atoms with Gasteiger partial charge in [0.15, 0.2) is 15.7 Å². The lowest BCUT2D eigenvalue weighted by atomic mass is 10.1. The van der Waals surface area contributed by atoms with Crippen LogP contribution in [0, 0.1) is 5.92 Å². The molecule has 0 spiro atoms. The van der Waals surface area contributed by atoms with Gasteiger partial charge in [0.05, 0.1) is 17.5 Å². The van der Waals surface area contributed by atoms with Crippen LogP contribution < -0.4 is 11.1 Å². The maximum absolute atomic E-state index is 12.3. The molecular formula is C15H24N4O6S. The van der Waals surface area contributed by atoms with Crippen molar-refractivity contribution in [1.29, 1.82) is 0 Å². The summed E-state index contributed by atoms with van der Waals surface area (Å²) in [6.07, 6.45) is 0.447. The van der Waals surface area contributed by atoms with Crippen molar-refractivity contribution in [2.24, 2.45) is 11.7 Å². The van der Waals surface area contributed by atoms with Crippen molar-refractivity contribution in [3.63, 3.8) is 0 Å². The van der Waals surface area contributed by atoms with Gasteiger partial charge in [0.1, 0.15) is 0 Å². The third kappa shape index (κ3) is 6.54. The van der Waals surface area contributed by atoms with Gasteiger partial charge in [-0.25, -0.2) is 8.42 Å². The lowest BCUT2D eigenvalue weighted by Gasteiger charge is -2.14. The molecule has 0 radical (unpaired) electrons. The van der Waals surface area contributed by atoms with Gasteiger partial charge in [0.25, 0.3) is 5.89 Å². The summed E-state index contributed by atoms with van der Waals surface area (Å²) in [6, 6.07) is -0.889. The quantitative estimate of drug-likeness (QED) is 0.485. The molecular weight excluding hydrogens is 364 g/mol. The van der Waals surface area contributed by atoms with Crippen LogP contribution in [0.15, 0.2) is 4.52 Å². The largest absolute Gasteiger partial charge is 0.369 e. The number of hydrogen-bond acceptors (Lipinski definition) is 8. The lowest BCUT2D eigenvalue weighted by Crippen LogP contribution is -2.41. The molecule has 1 aromatic heterocycles. The first-order valence-electron chi connectivity index (χ1n) is 8.25. The number of amides is 2. The Labute approximate surface area is 151 Å². The molecule has 2 amide bonds. The topological polar surface area (TPSA) is 162 Å². The number of aromatic nitrogens is 2. The zero-order valence-corrected chi connectivity index (χ0v) is 15.8. The van der Waals surface area contributed by atoms with Crippen LogP contribution in [0.25, 0.3) is 0 Å². The monoisotopic (exact) mass is 388 g/mol. The number of hydrogen-bond donors (Lipinski definition) is 2. The van der Waals surface area contributed by atoms with E-state index < -0.39 is 50.9 Å². The predicted molar refractivity (Wildman–Crippen MR) is 91.9 cm³/mol. The summed E-state index contributed by atoms with van der Waals surface area (Å²) in [6.45, 7) is 4.89. The van der Waals surface area contributed by atoms with Gasteiger partial charge < -0.3 is 15.6 Å². The van der Waals surface area contributed by atoms with Gasteiger partial charge in [0, 0.05) is 18.8 Å². The van der Waals surface area contributed by atoms with E-state index >= 15 is 0 Å². The van der Waals surface area contributed by atoms with Gasteiger partial charge in [-0.05, 0) is 6.42 Å². The molecule has 2 unspecified atom stereocenters. The fraction of sp³-hybridized carbons (Fsp3) is 0.667. The molecule has 3 N–H and O–H groups in total. The lowest BCUT2D eigenvalue weighted by molar-refractivity contribution is -0.121. The molecule has 0 aliphatic rings. The van der Waals surface area contributed by atoms with Gasteiger partial charge in [-0.2, -0.15) is 4.98 Å². The number of Topliss-reactive ketones (excluding diaryl/α,β-unsaturated/α-hetero) is 1. The maximum atomic E-state index is 12.3. The van der Waals surface area contributed by atoms with Crippen LogP contribution in [-0.2, 0) is 25.8 Å². The molecule has 0 aliphatic carbocycles. The second kappa shape index (κ2) is 9.41. The summed E-state index contributed by atoms with van der Waals surface area (Å²) in [7, 11) is -3.62. The van der Waals surface area contributed by atoms with E-state index in [-0.39, 0.29) is 18.7 Å². The van der Waals surface area contributed by atoms with Crippen LogP contribution in [0.3, 0.4) is 0 Å². The molecule has 0 aromatic carbocycles. The Morgan fingerprint density at radius 3 is 2.42 bits per heavy atom. The second-order valence-electron chi connectivity index (χ2n) is 5.93. The Morgan fingerprint density at radius 1 is 1.27 bits per heavy atom. The van der Waals surface area contributed by atoms with Crippen LogP contribution in [0.2, 0.25) is 0 Å². The van der Waals surface area contributed by atoms with Gasteiger partial charge in [-0.3, -0.25) is 14.4 Å². The van der Waals surface area contributed by atoms with Crippen LogP contribution >= 0.6 is 0 Å². The van der Waals surface area contributed by atoms with Crippen LogP contribution in [0.4, 0.5) is 0 Å². The maximum Gasteiger partial charge on any atom is 0.296 e. The van der Waals surface area contributed by atoms with E-state index in [1.54, 1.807) is 13.8 Å². The highest BCUT2D eigenvalue weighted by molar-refractivity contribution is 7.91. The number of rotatable bonds is 11. The van der Waals surface area contributed by atoms with E-state index in [4.69, 9.17) is 10.3 Å². The summed E-state index contributed by atoms with van der Waals surface area (Å²) < 4.78 is 28.7. The minimum atomic E-state index is -3.62. The molecule has 0 fully saturated rings. The van der Waals surface area contributed by atoms with E-state index in [1.165, 1.54) is 6.92 Å². The summed E-state index contributed by atoms with van der Waals surface area (Å²) in [5.41, 5.74) is 5.04. The Hall–Kier alpha value is -2.30. The number of aryl methyl sites for hydroxylation is 1. The number of carbonyl (C=O) groups is 3. The highest BCUT2D eigenvalue weighted by atomic mass is 32.2. The number of carbonyl (C=O) groups excluding carboxylic acids is 3. The van der Waals surface area contributed by atoms with Crippen molar-refractivity contribution in [1.82, 2.24) is 15.5 Å². The summed E-state index contributed by atoms with van der Waals surface area (Å²) in [4.78, 5) is 39.1. The van der Waals surface area contributed by atoms with E-state index in [0.29, 0.717) is 12.2 Å². The standard InChI is InChI=1S/C15H24N4O6S/c1-4-10(13(21)15-18-11(5-2)19-25-15)17-12(20)6-7-26(23,24)8-9(3)14(16)22/h9-10H,4-8H2,1-3H3,(H2,16,22)(H,17,20). The molecule has 1 rings (SSSR count). The second-order valence-corrected chi connectivity index (χ2v) is 8.16. The van der Waals surface area contributed by atoms with Crippen LogP contribution in [-0.4, -0.2) is 53.7 Å². The molecule has 10 nitrogen and oxygen atoms in total. The first kappa shape index (κ1) is 21.7. The van der Waals surface area contributed by atoms with Gasteiger partial charge in [-0.15, -0.1) is 0 Å². The van der Waals surface area contributed by atoms with E-state index in [1.807, 2.05) is 0 Å². The van der Waals surface area contributed by atoms with Crippen molar-refractivity contribution >= 4 is 27.4 Å². The number of nitrogens with two attached hydrogens (primary N) is 1. The third-order valence-corrected chi connectivity index (χ3v) is 5.52. The van der Waals surface area contributed by atoms with E-state index in [0.717, 1.165) is 0 Å². The van der Waals surface area contributed by atoms with Crippen molar-refractivity contribution in [2.45, 2.75) is 46.1 Å². The Morgan fingerprint density at radius 2 is 1.92 bits per heavy atom. The fourth-order valence-corrected chi connectivity index (χ4v) is 3.65.